The third kappa shape index (κ3) is 4.42. The van der Waals surface area contributed by atoms with Crippen LogP contribution in [0, 0.1) is 20.8 Å². The van der Waals surface area contributed by atoms with Crippen LogP contribution in [0.25, 0.3) is 0 Å². The standard InChI is InChI=1S/C20H28N6O/c1-13-6-7-16(21-10-13)11-22-20(27)18-23-15(3)14(2)19(24-18)26-9-8-17(12-26)25(4)5/h6-7,10,17H,8-9,11-12H2,1-5H3,(H,22,27)/t17-/m1/s1. The Labute approximate surface area is 160 Å². The van der Waals surface area contributed by atoms with E-state index in [9.17, 15) is 4.79 Å². The molecule has 0 saturated carbocycles. The van der Waals surface area contributed by atoms with Gasteiger partial charge in [0.15, 0.2) is 0 Å². The number of carbonyl (C=O) groups is 1. The second-order valence-corrected chi connectivity index (χ2v) is 7.44. The number of carbonyl (C=O) groups excluding carboxylic acids is 1. The lowest BCUT2D eigenvalue weighted by molar-refractivity contribution is 0.0939. The lowest BCUT2D eigenvalue weighted by atomic mass is 10.2. The Hall–Kier alpha value is -2.54. The van der Waals surface area contributed by atoms with Crippen molar-refractivity contribution in [1.82, 2.24) is 25.2 Å². The molecule has 1 aliphatic rings. The van der Waals surface area contributed by atoms with Gasteiger partial charge >= 0.3 is 0 Å². The average molecular weight is 368 g/mol. The number of hydrogen-bond acceptors (Lipinski definition) is 6. The number of aryl methyl sites for hydroxylation is 2. The molecule has 3 heterocycles. The van der Waals surface area contributed by atoms with Crippen LogP contribution in [0.4, 0.5) is 5.82 Å². The summed E-state index contributed by atoms with van der Waals surface area (Å²) in [6, 6.07) is 4.39. The van der Waals surface area contributed by atoms with Crippen LogP contribution in [-0.2, 0) is 6.54 Å². The molecule has 0 unspecified atom stereocenters. The van der Waals surface area contributed by atoms with Crippen molar-refractivity contribution in [3.8, 4) is 0 Å². The topological polar surface area (TPSA) is 74.2 Å². The molecule has 1 aliphatic heterocycles. The molecule has 1 N–H and O–H groups in total. The Kier molecular flexibility index (Phi) is 5.70. The summed E-state index contributed by atoms with van der Waals surface area (Å²) in [5, 5.41) is 2.87. The van der Waals surface area contributed by atoms with Crippen molar-refractivity contribution in [2.45, 2.75) is 39.8 Å². The third-order valence-electron chi connectivity index (χ3n) is 5.16. The van der Waals surface area contributed by atoms with Gasteiger partial charge in [-0.2, -0.15) is 0 Å². The summed E-state index contributed by atoms with van der Waals surface area (Å²) in [4.78, 5) is 30.4. The van der Waals surface area contributed by atoms with Gasteiger partial charge in [-0.3, -0.25) is 9.78 Å². The Morgan fingerprint density at radius 2 is 2.04 bits per heavy atom. The summed E-state index contributed by atoms with van der Waals surface area (Å²) < 4.78 is 0. The zero-order valence-electron chi connectivity index (χ0n) is 16.8. The number of hydrogen-bond donors (Lipinski definition) is 1. The molecule has 1 atom stereocenters. The van der Waals surface area contributed by atoms with Crippen molar-refractivity contribution >= 4 is 11.7 Å². The number of nitrogens with zero attached hydrogens (tertiary/aromatic N) is 5. The largest absolute Gasteiger partial charge is 0.355 e. The maximum atomic E-state index is 12.6. The molecular formula is C20H28N6O. The molecule has 0 radical (unpaired) electrons. The first kappa shape index (κ1) is 19.2. The van der Waals surface area contributed by atoms with E-state index in [1.807, 2.05) is 32.9 Å². The fraction of sp³-hybridized carbons (Fsp3) is 0.500. The molecule has 0 aromatic carbocycles. The summed E-state index contributed by atoms with van der Waals surface area (Å²) >= 11 is 0. The molecule has 0 aliphatic carbocycles. The summed E-state index contributed by atoms with van der Waals surface area (Å²) in [5.41, 5.74) is 3.78. The van der Waals surface area contributed by atoms with Crippen LogP contribution in [0.3, 0.4) is 0 Å². The minimum absolute atomic E-state index is 0.216. The first-order valence-corrected chi connectivity index (χ1v) is 9.31. The Morgan fingerprint density at radius 1 is 1.26 bits per heavy atom. The Bertz CT molecular complexity index is 818. The smallest absolute Gasteiger partial charge is 0.289 e. The molecule has 0 bridgehead atoms. The van der Waals surface area contributed by atoms with Crippen molar-refractivity contribution in [1.29, 1.82) is 0 Å². The van der Waals surface area contributed by atoms with Gasteiger partial charge in [0, 0.05) is 36.6 Å². The van der Waals surface area contributed by atoms with Crippen LogP contribution in [0.5, 0.6) is 0 Å². The predicted octanol–water partition coefficient (Wildman–Crippen LogP) is 1.87. The summed E-state index contributed by atoms with van der Waals surface area (Å²) in [5.74, 6) is 0.809. The van der Waals surface area contributed by atoms with Gasteiger partial charge in [-0.15, -0.1) is 0 Å². The number of pyridine rings is 1. The van der Waals surface area contributed by atoms with E-state index in [1.165, 1.54) is 0 Å². The van der Waals surface area contributed by atoms with Gasteiger partial charge in [0.1, 0.15) is 5.82 Å². The molecule has 27 heavy (non-hydrogen) atoms. The van der Waals surface area contributed by atoms with E-state index in [0.717, 1.165) is 47.8 Å². The van der Waals surface area contributed by atoms with Gasteiger partial charge in [-0.25, -0.2) is 9.97 Å². The second-order valence-electron chi connectivity index (χ2n) is 7.44. The Morgan fingerprint density at radius 3 is 2.67 bits per heavy atom. The van der Waals surface area contributed by atoms with Gasteiger partial charge < -0.3 is 15.1 Å². The number of aromatic nitrogens is 3. The highest BCUT2D eigenvalue weighted by Gasteiger charge is 2.27. The number of anilines is 1. The van der Waals surface area contributed by atoms with Crippen molar-refractivity contribution in [3.05, 3.63) is 46.7 Å². The zero-order chi connectivity index (χ0) is 19.6. The first-order chi connectivity index (χ1) is 12.8. The molecule has 2 aromatic heterocycles. The number of nitrogens with one attached hydrogen (secondary N) is 1. The Balaban J connectivity index is 1.74. The van der Waals surface area contributed by atoms with Gasteiger partial charge in [-0.05, 0) is 52.9 Å². The van der Waals surface area contributed by atoms with Crippen LogP contribution in [0.15, 0.2) is 18.3 Å². The number of amides is 1. The molecule has 1 amide bonds. The monoisotopic (exact) mass is 368 g/mol. The lowest BCUT2D eigenvalue weighted by Crippen LogP contribution is -2.33. The van der Waals surface area contributed by atoms with Crippen molar-refractivity contribution in [3.63, 3.8) is 0 Å². The van der Waals surface area contributed by atoms with E-state index in [-0.39, 0.29) is 11.7 Å². The van der Waals surface area contributed by atoms with Crippen molar-refractivity contribution < 1.29 is 4.79 Å². The third-order valence-corrected chi connectivity index (χ3v) is 5.16. The summed E-state index contributed by atoms with van der Waals surface area (Å²) in [7, 11) is 4.20. The second kappa shape index (κ2) is 8.00. The van der Waals surface area contributed by atoms with Gasteiger partial charge in [-0.1, -0.05) is 6.07 Å². The summed E-state index contributed by atoms with van der Waals surface area (Å²) in [6.07, 6.45) is 2.89. The molecule has 2 aromatic rings. The highest BCUT2D eigenvalue weighted by atomic mass is 16.2. The molecule has 3 rings (SSSR count). The highest BCUT2D eigenvalue weighted by molar-refractivity contribution is 5.90. The molecule has 144 valence electrons. The number of rotatable bonds is 5. The van der Waals surface area contributed by atoms with E-state index in [1.54, 1.807) is 6.20 Å². The van der Waals surface area contributed by atoms with Crippen LogP contribution in [0.1, 0.15) is 39.6 Å². The molecule has 7 nitrogen and oxygen atoms in total. The fourth-order valence-corrected chi connectivity index (χ4v) is 3.23. The maximum Gasteiger partial charge on any atom is 0.289 e. The van der Waals surface area contributed by atoms with Gasteiger partial charge in [0.25, 0.3) is 5.91 Å². The maximum absolute atomic E-state index is 12.6. The van der Waals surface area contributed by atoms with E-state index < -0.39 is 0 Å². The molecule has 1 saturated heterocycles. The minimum atomic E-state index is -0.273. The van der Waals surface area contributed by atoms with Crippen molar-refractivity contribution in [2.24, 2.45) is 0 Å². The molecule has 1 fully saturated rings. The zero-order valence-corrected chi connectivity index (χ0v) is 16.8. The van der Waals surface area contributed by atoms with E-state index in [0.29, 0.717) is 12.6 Å². The van der Waals surface area contributed by atoms with E-state index >= 15 is 0 Å². The van der Waals surface area contributed by atoms with E-state index in [4.69, 9.17) is 0 Å². The average Bonchev–Trinajstić information content (AvgIpc) is 3.13. The minimum Gasteiger partial charge on any atom is -0.355 e. The fourth-order valence-electron chi connectivity index (χ4n) is 3.23. The molecular weight excluding hydrogens is 340 g/mol. The highest BCUT2D eigenvalue weighted by Crippen LogP contribution is 2.25. The quantitative estimate of drug-likeness (QED) is 0.868. The van der Waals surface area contributed by atoms with Gasteiger partial charge in [0.2, 0.25) is 5.82 Å². The van der Waals surface area contributed by atoms with Crippen LogP contribution in [0.2, 0.25) is 0 Å². The molecule has 7 heteroatoms. The summed E-state index contributed by atoms with van der Waals surface area (Å²) in [6.45, 7) is 8.15. The lowest BCUT2D eigenvalue weighted by Gasteiger charge is -2.23. The van der Waals surface area contributed by atoms with Crippen molar-refractivity contribution in [2.75, 3.05) is 32.1 Å². The molecule has 0 spiro atoms. The van der Waals surface area contributed by atoms with E-state index in [2.05, 4.69) is 44.2 Å². The van der Waals surface area contributed by atoms with Crippen LogP contribution >= 0.6 is 0 Å². The van der Waals surface area contributed by atoms with Crippen LogP contribution < -0.4 is 10.2 Å². The SMILES string of the molecule is Cc1ccc(CNC(=O)c2nc(C)c(C)c(N3CC[C@@H](N(C)C)C3)n2)nc1. The normalized spacial score (nSPS) is 16.8. The predicted molar refractivity (Wildman–Crippen MR) is 106 cm³/mol. The van der Waals surface area contributed by atoms with Crippen LogP contribution in [-0.4, -0.2) is 59.0 Å². The van der Waals surface area contributed by atoms with Gasteiger partial charge in [0.05, 0.1) is 12.2 Å². The number of likely N-dealkylation sites (N-methyl/N-ethyl adjacent to an activating group) is 1. The first-order valence-electron chi connectivity index (χ1n) is 9.31.